The number of likely N-dealkylation sites (tertiary alicyclic amines) is 1. The van der Waals surface area contributed by atoms with Crippen LogP contribution in [0.1, 0.15) is 26.2 Å². The van der Waals surface area contributed by atoms with E-state index in [1.807, 2.05) is 0 Å². The maximum Gasteiger partial charge on any atom is 0.328 e. The zero-order valence-electron chi connectivity index (χ0n) is 11.4. The second-order valence-corrected chi connectivity index (χ2v) is 4.86. The number of piperidine rings is 1. The number of hydrogen-bond donors (Lipinski definition) is 1. The average molecular weight is 270 g/mol. The zero-order valence-corrected chi connectivity index (χ0v) is 11.4. The highest BCUT2D eigenvalue weighted by Gasteiger charge is 2.37. The number of rotatable bonds is 3. The van der Waals surface area contributed by atoms with E-state index in [1.165, 1.54) is 0 Å². The molecule has 0 bridgehead atoms. The Morgan fingerprint density at radius 2 is 2.26 bits per heavy atom. The van der Waals surface area contributed by atoms with E-state index in [2.05, 4.69) is 5.32 Å². The van der Waals surface area contributed by atoms with Gasteiger partial charge in [0.15, 0.2) is 0 Å². The molecule has 6 heteroatoms. The molecule has 2 rings (SSSR count). The number of hydrogen-bond acceptors (Lipinski definition) is 5. The van der Waals surface area contributed by atoms with Gasteiger partial charge in [0.1, 0.15) is 12.1 Å². The van der Waals surface area contributed by atoms with E-state index < -0.39 is 12.1 Å². The molecule has 0 spiro atoms. The maximum atomic E-state index is 12.4. The van der Waals surface area contributed by atoms with Crippen LogP contribution in [-0.2, 0) is 19.1 Å². The van der Waals surface area contributed by atoms with Crippen molar-refractivity contribution in [1.29, 1.82) is 0 Å². The first-order valence-corrected chi connectivity index (χ1v) is 7.03. The number of carbonyl (C=O) groups is 2. The van der Waals surface area contributed by atoms with Crippen LogP contribution < -0.4 is 5.32 Å². The predicted octanol–water partition coefficient (Wildman–Crippen LogP) is -0.0810. The van der Waals surface area contributed by atoms with Gasteiger partial charge in [-0.1, -0.05) is 0 Å². The summed E-state index contributed by atoms with van der Waals surface area (Å²) in [6, 6.07) is -0.438. The molecule has 0 aromatic rings. The number of esters is 1. The fraction of sp³-hybridized carbons (Fsp3) is 0.846. The van der Waals surface area contributed by atoms with Crippen LogP contribution in [0.5, 0.6) is 0 Å². The van der Waals surface area contributed by atoms with Crippen molar-refractivity contribution in [3.8, 4) is 0 Å². The van der Waals surface area contributed by atoms with Gasteiger partial charge in [-0.15, -0.1) is 0 Å². The molecule has 2 atom stereocenters. The Kier molecular flexibility index (Phi) is 5.15. The van der Waals surface area contributed by atoms with E-state index in [0.717, 1.165) is 19.4 Å². The fourth-order valence-corrected chi connectivity index (χ4v) is 2.59. The third kappa shape index (κ3) is 3.45. The number of carbonyl (C=O) groups excluding carboxylic acids is 2. The largest absolute Gasteiger partial charge is 0.464 e. The van der Waals surface area contributed by atoms with Crippen molar-refractivity contribution in [3.05, 3.63) is 0 Å². The number of nitrogens with one attached hydrogen (secondary N) is 1. The van der Waals surface area contributed by atoms with Gasteiger partial charge in [0.05, 0.1) is 13.2 Å². The SMILES string of the molecule is CCOC(=O)C1CCCCN1C(=O)C1CNCCO1. The lowest BCUT2D eigenvalue weighted by Crippen LogP contribution is -2.55. The monoisotopic (exact) mass is 270 g/mol. The Bertz CT molecular complexity index is 329. The van der Waals surface area contributed by atoms with Crippen molar-refractivity contribution in [2.75, 3.05) is 32.8 Å². The first-order valence-electron chi connectivity index (χ1n) is 7.03. The molecule has 1 N–H and O–H groups in total. The molecule has 2 fully saturated rings. The van der Waals surface area contributed by atoms with Crippen molar-refractivity contribution in [1.82, 2.24) is 10.2 Å². The average Bonchev–Trinajstić information content (AvgIpc) is 2.47. The number of morpholine rings is 1. The molecule has 2 heterocycles. The van der Waals surface area contributed by atoms with E-state index in [0.29, 0.717) is 32.7 Å². The molecule has 2 unspecified atom stereocenters. The minimum absolute atomic E-state index is 0.0926. The Hall–Kier alpha value is -1.14. The molecular formula is C13H22N2O4. The van der Waals surface area contributed by atoms with Crippen LogP contribution in [0.3, 0.4) is 0 Å². The van der Waals surface area contributed by atoms with Gasteiger partial charge in [0.25, 0.3) is 5.91 Å². The summed E-state index contributed by atoms with van der Waals surface area (Å²) in [5, 5.41) is 3.14. The summed E-state index contributed by atoms with van der Waals surface area (Å²) in [5.41, 5.74) is 0. The van der Waals surface area contributed by atoms with Crippen LogP contribution in [-0.4, -0.2) is 61.8 Å². The topological polar surface area (TPSA) is 67.9 Å². The highest BCUT2D eigenvalue weighted by molar-refractivity contribution is 5.87. The maximum absolute atomic E-state index is 12.4. The predicted molar refractivity (Wildman–Crippen MR) is 68.6 cm³/mol. The van der Waals surface area contributed by atoms with E-state index >= 15 is 0 Å². The molecule has 19 heavy (non-hydrogen) atoms. The normalized spacial score (nSPS) is 27.9. The molecule has 2 aliphatic rings. The van der Waals surface area contributed by atoms with Crippen molar-refractivity contribution in [3.63, 3.8) is 0 Å². The van der Waals surface area contributed by atoms with Gasteiger partial charge < -0.3 is 19.7 Å². The summed E-state index contributed by atoms with van der Waals surface area (Å²) < 4.78 is 10.5. The van der Waals surface area contributed by atoms with Gasteiger partial charge in [-0.3, -0.25) is 4.79 Å². The molecule has 1 amide bonds. The molecule has 2 aliphatic heterocycles. The fourth-order valence-electron chi connectivity index (χ4n) is 2.59. The minimum Gasteiger partial charge on any atom is -0.464 e. The molecule has 0 aromatic carbocycles. The third-order valence-corrected chi connectivity index (χ3v) is 3.55. The third-order valence-electron chi connectivity index (χ3n) is 3.55. The Morgan fingerprint density at radius 1 is 1.42 bits per heavy atom. The molecule has 108 valence electrons. The van der Waals surface area contributed by atoms with Gasteiger partial charge in [-0.2, -0.15) is 0 Å². The zero-order chi connectivity index (χ0) is 13.7. The van der Waals surface area contributed by atoms with Crippen LogP contribution in [0.15, 0.2) is 0 Å². The summed E-state index contributed by atoms with van der Waals surface area (Å²) in [6.07, 6.45) is 2.10. The van der Waals surface area contributed by atoms with Gasteiger partial charge >= 0.3 is 5.97 Å². The standard InChI is InChI=1S/C13H22N2O4/c1-2-18-13(17)10-5-3-4-7-15(10)12(16)11-9-14-6-8-19-11/h10-11,14H,2-9H2,1H3. The molecular weight excluding hydrogens is 248 g/mol. The Morgan fingerprint density at radius 3 is 2.95 bits per heavy atom. The van der Waals surface area contributed by atoms with Crippen LogP contribution in [0.25, 0.3) is 0 Å². The van der Waals surface area contributed by atoms with Gasteiger partial charge in [0, 0.05) is 19.6 Å². The highest BCUT2D eigenvalue weighted by Crippen LogP contribution is 2.20. The second-order valence-electron chi connectivity index (χ2n) is 4.86. The smallest absolute Gasteiger partial charge is 0.328 e. The summed E-state index contributed by atoms with van der Waals surface area (Å²) >= 11 is 0. The summed E-state index contributed by atoms with van der Waals surface area (Å²) in [4.78, 5) is 26.0. The van der Waals surface area contributed by atoms with Crippen LogP contribution >= 0.6 is 0 Å². The first kappa shape index (κ1) is 14.3. The molecule has 0 radical (unpaired) electrons. The van der Waals surface area contributed by atoms with Crippen molar-refractivity contribution >= 4 is 11.9 Å². The number of nitrogens with zero attached hydrogens (tertiary/aromatic N) is 1. The van der Waals surface area contributed by atoms with Gasteiger partial charge in [0.2, 0.25) is 0 Å². The lowest BCUT2D eigenvalue weighted by molar-refractivity contribution is -0.162. The molecule has 2 saturated heterocycles. The quantitative estimate of drug-likeness (QED) is 0.727. The Labute approximate surface area is 113 Å². The van der Waals surface area contributed by atoms with E-state index in [4.69, 9.17) is 9.47 Å². The molecule has 0 saturated carbocycles. The lowest BCUT2D eigenvalue weighted by atomic mass is 10.0. The van der Waals surface area contributed by atoms with Crippen molar-refractivity contribution in [2.24, 2.45) is 0 Å². The van der Waals surface area contributed by atoms with E-state index in [9.17, 15) is 9.59 Å². The summed E-state index contributed by atoms with van der Waals surface area (Å²) in [7, 11) is 0. The van der Waals surface area contributed by atoms with Crippen LogP contribution in [0, 0.1) is 0 Å². The molecule has 0 aromatic heterocycles. The number of ether oxygens (including phenoxy) is 2. The highest BCUT2D eigenvalue weighted by atomic mass is 16.5. The van der Waals surface area contributed by atoms with Gasteiger partial charge in [-0.05, 0) is 26.2 Å². The summed E-state index contributed by atoms with van der Waals surface area (Å²) in [5.74, 6) is -0.385. The summed E-state index contributed by atoms with van der Waals surface area (Å²) in [6.45, 7) is 4.56. The van der Waals surface area contributed by atoms with E-state index in [1.54, 1.807) is 11.8 Å². The van der Waals surface area contributed by atoms with Crippen molar-refractivity contribution in [2.45, 2.75) is 38.3 Å². The van der Waals surface area contributed by atoms with E-state index in [-0.39, 0.29) is 11.9 Å². The van der Waals surface area contributed by atoms with Crippen molar-refractivity contribution < 1.29 is 19.1 Å². The molecule has 6 nitrogen and oxygen atoms in total. The second kappa shape index (κ2) is 6.86. The Balaban J connectivity index is 2.01. The molecule has 0 aliphatic carbocycles. The first-order chi connectivity index (χ1) is 9.24. The van der Waals surface area contributed by atoms with Crippen LogP contribution in [0.4, 0.5) is 0 Å². The number of amides is 1. The minimum atomic E-state index is -0.469. The van der Waals surface area contributed by atoms with Crippen LogP contribution in [0.2, 0.25) is 0 Å². The van der Waals surface area contributed by atoms with Gasteiger partial charge in [-0.25, -0.2) is 4.79 Å². The lowest BCUT2D eigenvalue weighted by Gasteiger charge is -2.37.